The number of rotatable bonds is 6. The van der Waals surface area contributed by atoms with Gasteiger partial charge in [-0.05, 0) is 19.1 Å². The fourth-order valence-corrected chi connectivity index (χ4v) is 4.42. The normalized spacial score (nSPS) is 15.2. The molecule has 2 heterocycles. The molecule has 7 heteroatoms. The molecule has 1 amide bonds. The lowest BCUT2D eigenvalue weighted by Gasteiger charge is -2.26. The van der Waals surface area contributed by atoms with Crippen molar-refractivity contribution >= 4 is 29.0 Å². The summed E-state index contributed by atoms with van der Waals surface area (Å²) in [5.74, 6) is 1.74. The van der Waals surface area contributed by atoms with E-state index in [0.717, 1.165) is 21.3 Å². The number of ether oxygens (including phenoxy) is 2. The molecule has 2 aromatic carbocycles. The summed E-state index contributed by atoms with van der Waals surface area (Å²) in [6.45, 7) is 2.91. The highest BCUT2D eigenvalue weighted by Crippen LogP contribution is 2.31. The second-order valence-corrected chi connectivity index (χ2v) is 8.54. The van der Waals surface area contributed by atoms with Gasteiger partial charge in [0.2, 0.25) is 5.91 Å². The van der Waals surface area contributed by atoms with Gasteiger partial charge in [0.1, 0.15) is 12.7 Å². The Bertz CT molecular complexity index is 956. The van der Waals surface area contributed by atoms with Crippen molar-refractivity contribution in [3.8, 4) is 22.8 Å². The van der Waals surface area contributed by atoms with Gasteiger partial charge in [0, 0.05) is 10.9 Å². The average molecular weight is 413 g/mol. The Hall–Kier alpha value is -2.51. The van der Waals surface area contributed by atoms with Crippen molar-refractivity contribution in [1.82, 2.24) is 10.3 Å². The van der Waals surface area contributed by atoms with Crippen LogP contribution in [0.15, 0.2) is 58.3 Å². The number of benzene rings is 2. The Morgan fingerprint density at radius 3 is 2.82 bits per heavy atom. The summed E-state index contributed by atoms with van der Waals surface area (Å²) in [5, 5.41) is 4.93. The van der Waals surface area contributed by atoms with Gasteiger partial charge in [-0.1, -0.05) is 53.7 Å². The Labute approximate surface area is 172 Å². The molecule has 0 saturated carbocycles. The summed E-state index contributed by atoms with van der Waals surface area (Å²) in [5.41, 5.74) is 3.26. The lowest BCUT2D eigenvalue weighted by atomic mass is 10.1. The highest BCUT2D eigenvalue weighted by molar-refractivity contribution is 8.01. The number of thioether (sulfide) groups is 1. The van der Waals surface area contributed by atoms with E-state index in [1.54, 1.807) is 11.3 Å². The number of aromatic nitrogens is 1. The summed E-state index contributed by atoms with van der Waals surface area (Å²) in [6.07, 6.45) is -0.183. The molecule has 1 aliphatic heterocycles. The van der Waals surface area contributed by atoms with E-state index in [-0.39, 0.29) is 12.0 Å². The number of fused-ring (bicyclic) bond motifs is 1. The smallest absolute Gasteiger partial charge is 0.230 e. The first-order valence-corrected chi connectivity index (χ1v) is 10.8. The van der Waals surface area contributed by atoms with E-state index < -0.39 is 0 Å². The van der Waals surface area contributed by atoms with Crippen molar-refractivity contribution in [3.63, 3.8) is 0 Å². The number of amides is 1. The van der Waals surface area contributed by atoms with Crippen LogP contribution in [0.25, 0.3) is 11.3 Å². The zero-order valence-electron chi connectivity index (χ0n) is 15.4. The highest BCUT2D eigenvalue weighted by atomic mass is 32.2. The summed E-state index contributed by atoms with van der Waals surface area (Å²) < 4.78 is 12.4. The molecule has 4 rings (SSSR count). The van der Waals surface area contributed by atoms with Crippen LogP contribution in [0.4, 0.5) is 0 Å². The van der Waals surface area contributed by atoms with Crippen LogP contribution in [0.2, 0.25) is 0 Å². The second-order valence-electron chi connectivity index (χ2n) is 6.46. The topological polar surface area (TPSA) is 60.5 Å². The largest absolute Gasteiger partial charge is 0.486 e. The van der Waals surface area contributed by atoms with E-state index in [2.05, 4.69) is 41.5 Å². The third kappa shape index (κ3) is 4.66. The minimum Gasteiger partial charge on any atom is -0.486 e. The van der Waals surface area contributed by atoms with Gasteiger partial charge in [0.15, 0.2) is 15.8 Å². The van der Waals surface area contributed by atoms with Crippen LogP contribution in [-0.2, 0) is 4.79 Å². The maximum atomic E-state index is 12.2. The van der Waals surface area contributed by atoms with Gasteiger partial charge in [-0.25, -0.2) is 4.98 Å². The molecule has 0 aliphatic carbocycles. The molecule has 1 unspecified atom stereocenters. The molecule has 0 spiro atoms. The molecule has 3 aromatic rings. The van der Waals surface area contributed by atoms with E-state index in [4.69, 9.17) is 9.47 Å². The van der Waals surface area contributed by atoms with Crippen LogP contribution < -0.4 is 14.8 Å². The van der Waals surface area contributed by atoms with Crippen LogP contribution in [0.3, 0.4) is 0 Å². The predicted molar refractivity (Wildman–Crippen MR) is 112 cm³/mol. The first-order valence-electron chi connectivity index (χ1n) is 8.98. The van der Waals surface area contributed by atoms with Gasteiger partial charge in [0.25, 0.3) is 0 Å². The van der Waals surface area contributed by atoms with Crippen LogP contribution in [-0.4, -0.2) is 35.9 Å². The number of nitrogens with one attached hydrogen (secondary N) is 1. The summed E-state index contributed by atoms with van der Waals surface area (Å²) in [4.78, 5) is 16.8. The fraction of sp³-hybridized carbons (Fsp3) is 0.238. The van der Waals surface area contributed by atoms with Crippen LogP contribution in [0.1, 0.15) is 5.56 Å². The van der Waals surface area contributed by atoms with Crippen LogP contribution in [0.5, 0.6) is 11.5 Å². The maximum Gasteiger partial charge on any atom is 0.230 e. The molecule has 1 aromatic heterocycles. The molecule has 28 heavy (non-hydrogen) atoms. The molecule has 1 atom stereocenters. The number of carbonyl (C=O) groups is 1. The highest BCUT2D eigenvalue weighted by Gasteiger charge is 2.21. The lowest BCUT2D eigenvalue weighted by Crippen LogP contribution is -2.41. The summed E-state index contributed by atoms with van der Waals surface area (Å²) >= 11 is 3.00. The van der Waals surface area contributed by atoms with E-state index in [1.807, 2.05) is 29.6 Å². The average Bonchev–Trinajstić information content (AvgIpc) is 3.20. The second kappa shape index (κ2) is 8.67. The Kier molecular flexibility index (Phi) is 5.83. The molecular weight excluding hydrogens is 392 g/mol. The number of nitrogens with zero attached hydrogens (tertiary/aromatic N) is 1. The number of thiazole rings is 1. The minimum absolute atomic E-state index is 0.0421. The molecule has 0 fully saturated rings. The number of hydrogen-bond donors (Lipinski definition) is 1. The SMILES string of the molecule is Cc1ccc(-c2csc(SCC(=O)NCC3COc4ccccc4O3)n2)cc1. The van der Waals surface area contributed by atoms with Crippen molar-refractivity contribution in [2.24, 2.45) is 0 Å². The zero-order chi connectivity index (χ0) is 19.3. The van der Waals surface area contributed by atoms with Crippen molar-refractivity contribution < 1.29 is 14.3 Å². The Morgan fingerprint density at radius 2 is 2.00 bits per heavy atom. The van der Waals surface area contributed by atoms with Gasteiger partial charge in [0.05, 0.1) is 18.0 Å². The molecule has 1 N–H and O–H groups in total. The molecule has 1 aliphatic rings. The van der Waals surface area contributed by atoms with E-state index in [9.17, 15) is 4.79 Å². The minimum atomic E-state index is -0.183. The molecule has 0 bridgehead atoms. The number of carbonyl (C=O) groups excluding carboxylic acids is 1. The molecule has 144 valence electrons. The van der Waals surface area contributed by atoms with Crippen molar-refractivity contribution in [1.29, 1.82) is 0 Å². The third-order valence-electron chi connectivity index (χ3n) is 4.25. The molecule has 5 nitrogen and oxygen atoms in total. The zero-order valence-corrected chi connectivity index (χ0v) is 17.0. The van der Waals surface area contributed by atoms with Gasteiger partial charge < -0.3 is 14.8 Å². The first kappa shape index (κ1) is 18.8. The lowest BCUT2D eigenvalue weighted by molar-refractivity contribution is -0.119. The molecule has 0 radical (unpaired) electrons. The van der Waals surface area contributed by atoms with Gasteiger partial charge >= 0.3 is 0 Å². The van der Waals surface area contributed by atoms with E-state index in [1.165, 1.54) is 17.3 Å². The summed E-state index contributed by atoms with van der Waals surface area (Å²) in [7, 11) is 0. The van der Waals surface area contributed by atoms with Crippen molar-refractivity contribution in [2.75, 3.05) is 18.9 Å². The predicted octanol–water partition coefficient (Wildman–Crippen LogP) is 4.17. The standard InChI is InChI=1S/C21H20N2O3S2/c1-14-6-8-15(9-7-14)17-12-27-21(23-17)28-13-20(24)22-10-16-11-25-18-4-2-3-5-19(18)26-16/h2-9,12,16H,10-11,13H2,1H3,(H,22,24). The number of para-hydroxylation sites is 2. The van der Waals surface area contributed by atoms with E-state index >= 15 is 0 Å². The fourth-order valence-electron chi connectivity index (χ4n) is 2.75. The Balaban J connectivity index is 1.24. The maximum absolute atomic E-state index is 12.2. The third-order valence-corrected chi connectivity index (χ3v) is 6.27. The number of hydrogen-bond acceptors (Lipinski definition) is 6. The quantitative estimate of drug-likeness (QED) is 0.616. The monoisotopic (exact) mass is 412 g/mol. The van der Waals surface area contributed by atoms with Crippen LogP contribution >= 0.6 is 23.1 Å². The molecular formula is C21H20N2O3S2. The van der Waals surface area contributed by atoms with Gasteiger partial charge in [-0.3, -0.25) is 4.79 Å². The summed E-state index contributed by atoms with van der Waals surface area (Å²) in [6, 6.07) is 15.8. The van der Waals surface area contributed by atoms with Crippen molar-refractivity contribution in [3.05, 3.63) is 59.5 Å². The number of aryl methyl sites for hydroxylation is 1. The Morgan fingerprint density at radius 1 is 1.21 bits per heavy atom. The van der Waals surface area contributed by atoms with Gasteiger partial charge in [-0.15, -0.1) is 11.3 Å². The van der Waals surface area contributed by atoms with Gasteiger partial charge in [-0.2, -0.15) is 0 Å². The van der Waals surface area contributed by atoms with Crippen LogP contribution in [0, 0.1) is 6.92 Å². The first-order chi connectivity index (χ1) is 13.7. The van der Waals surface area contributed by atoms with E-state index in [0.29, 0.717) is 24.7 Å². The molecule has 0 saturated heterocycles. The van der Waals surface area contributed by atoms with Crippen molar-refractivity contribution in [2.45, 2.75) is 17.4 Å².